The molecule has 4 nitrogen and oxygen atoms in total. The highest BCUT2D eigenvalue weighted by molar-refractivity contribution is 7.99. The molecular formula is C20H16N2O2S2. The number of ether oxygens (including phenoxy) is 1. The van der Waals surface area contributed by atoms with E-state index in [9.17, 15) is 4.79 Å². The fourth-order valence-corrected chi connectivity index (χ4v) is 4.94. The van der Waals surface area contributed by atoms with Crippen molar-refractivity contribution in [1.82, 2.24) is 4.98 Å². The Hall–Kier alpha value is -2.70. The Kier molecular flexibility index (Phi) is 4.44. The number of primary amides is 1. The molecule has 0 radical (unpaired) electrons. The molecule has 6 heteroatoms. The van der Waals surface area contributed by atoms with E-state index in [2.05, 4.69) is 16.4 Å². The lowest BCUT2D eigenvalue weighted by Gasteiger charge is -2.10. The number of carbonyl (C=O) groups is 1. The molecule has 0 atom stereocenters. The maximum Gasteiger partial charge on any atom is 0.249 e. The summed E-state index contributed by atoms with van der Waals surface area (Å²) in [5, 5.41) is 3.18. The van der Waals surface area contributed by atoms with Crippen molar-refractivity contribution in [2.75, 3.05) is 7.11 Å². The second-order valence-electron chi connectivity index (χ2n) is 5.66. The Morgan fingerprint density at radius 1 is 1.12 bits per heavy atom. The molecule has 2 aromatic carbocycles. The molecule has 2 aromatic heterocycles. The molecule has 0 aliphatic carbocycles. The van der Waals surface area contributed by atoms with Gasteiger partial charge >= 0.3 is 0 Å². The first kappa shape index (κ1) is 16.8. The van der Waals surface area contributed by atoms with Crippen molar-refractivity contribution in [1.29, 1.82) is 0 Å². The first-order chi connectivity index (χ1) is 12.7. The van der Waals surface area contributed by atoms with Crippen molar-refractivity contribution >= 4 is 39.2 Å². The number of amides is 1. The van der Waals surface area contributed by atoms with E-state index < -0.39 is 5.91 Å². The van der Waals surface area contributed by atoms with Crippen LogP contribution in [0.15, 0.2) is 69.8 Å². The number of para-hydroxylation sites is 1. The van der Waals surface area contributed by atoms with Crippen LogP contribution in [0.3, 0.4) is 0 Å². The van der Waals surface area contributed by atoms with Crippen LogP contribution in [0.25, 0.3) is 21.5 Å². The number of hydrogen-bond donors (Lipinski definition) is 2. The summed E-state index contributed by atoms with van der Waals surface area (Å²) in [5.41, 5.74) is 7.80. The molecule has 2 heterocycles. The maximum atomic E-state index is 11.9. The van der Waals surface area contributed by atoms with E-state index in [1.807, 2.05) is 42.5 Å². The largest absolute Gasteiger partial charge is 0.496 e. The van der Waals surface area contributed by atoms with E-state index in [0.717, 1.165) is 37.0 Å². The van der Waals surface area contributed by atoms with Gasteiger partial charge in [-0.1, -0.05) is 42.1 Å². The van der Waals surface area contributed by atoms with Crippen molar-refractivity contribution in [3.63, 3.8) is 0 Å². The highest BCUT2D eigenvalue weighted by Gasteiger charge is 2.20. The lowest BCUT2D eigenvalue weighted by atomic mass is 10.0. The Balaban J connectivity index is 1.91. The number of thiophene rings is 1. The molecule has 4 aromatic rings. The summed E-state index contributed by atoms with van der Waals surface area (Å²) < 4.78 is 5.49. The number of aromatic amines is 1. The van der Waals surface area contributed by atoms with Crippen molar-refractivity contribution < 1.29 is 9.53 Å². The lowest BCUT2D eigenvalue weighted by molar-refractivity contribution is 0.100. The molecule has 130 valence electrons. The summed E-state index contributed by atoms with van der Waals surface area (Å²) >= 11 is 3.26. The Morgan fingerprint density at radius 2 is 1.88 bits per heavy atom. The minimum Gasteiger partial charge on any atom is -0.496 e. The highest BCUT2D eigenvalue weighted by atomic mass is 32.2. The van der Waals surface area contributed by atoms with Gasteiger partial charge < -0.3 is 15.5 Å². The van der Waals surface area contributed by atoms with Crippen molar-refractivity contribution in [2.45, 2.75) is 9.79 Å². The fourth-order valence-electron chi connectivity index (χ4n) is 2.91. The normalized spacial score (nSPS) is 11.0. The van der Waals surface area contributed by atoms with Crippen LogP contribution in [0.4, 0.5) is 0 Å². The van der Waals surface area contributed by atoms with Crippen LogP contribution in [0.1, 0.15) is 10.4 Å². The average molecular weight is 380 g/mol. The Morgan fingerprint density at radius 3 is 2.69 bits per heavy atom. The van der Waals surface area contributed by atoms with Crippen LogP contribution < -0.4 is 10.5 Å². The topological polar surface area (TPSA) is 68.1 Å². The quantitative estimate of drug-likeness (QED) is 0.503. The summed E-state index contributed by atoms with van der Waals surface area (Å²) in [6.45, 7) is 0. The maximum absolute atomic E-state index is 11.9. The number of rotatable bonds is 5. The minimum absolute atomic E-state index is 0.438. The van der Waals surface area contributed by atoms with E-state index in [0.29, 0.717) is 5.56 Å². The smallest absolute Gasteiger partial charge is 0.249 e. The SMILES string of the molecule is COc1ccccc1Sc1c(-c2ccccc2C(N)=O)[nH]c2sccc12. The third-order valence-corrected chi connectivity index (χ3v) is 6.13. The van der Waals surface area contributed by atoms with E-state index in [4.69, 9.17) is 10.5 Å². The summed E-state index contributed by atoms with van der Waals surface area (Å²) in [7, 11) is 1.67. The molecule has 0 unspecified atom stereocenters. The standard InChI is InChI=1S/C20H16N2O2S2/c1-24-15-8-4-5-9-16(15)26-18-14-10-11-25-20(14)22-17(18)12-6-2-3-7-13(12)19(21)23/h2-11,22H,1H3,(H2,21,23). The lowest BCUT2D eigenvalue weighted by Crippen LogP contribution is -2.12. The number of nitrogens with one attached hydrogen (secondary N) is 1. The van der Waals surface area contributed by atoms with Gasteiger partial charge in [-0.2, -0.15) is 0 Å². The van der Waals surface area contributed by atoms with Gasteiger partial charge in [0.25, 0.3) is 0 Å². The zero-order valence-electron chi connectivity index (χ0n) is 14.0. The van der Waals surface area contributed by atoms with Crippen LogP contribution in [-0.4, -0.2) is 18.0 Å². The zero-order valence-corrected chi connectivity index (χ0v) is 15.6. The van der Waals surface area contributed by atoms with Crippen molar-refractivity contribution in [3.05, 3.63) is 65.5 Å². The van der Waals surface area contributed by atoms with Crippen LogP contribution >= 0.6 is 23.1 Å². The second-order valence-corrected chi connectivity index (χ2v) is 7.62. The Bertz CT molecular complexity index is 1100. The zero-order chi connectivity index (χ0) is 18.1. The van der Waals surface area contributed by atoms with Crippen LogP contribution in [0.2, 0.25) is 0 Å². The predicted octanol–water partition coefficient (Wildman–Crippen LogP) is 5.16. The summed E-state index contributed by atoms with van der Waals surface area (Å²) in [6, 6.07) is 17.4. The Labute approximate surface area is 159 Å². The number of benzene rings is 2. The van der Waals surface area contributed by atoms with E-state index >= 15 is 0 Å². The minimum atomic E-state index is -0.438. The summed E-state index contributed by atoms with van der Waals surface area (Å²) in [4.78, 5) is 18.5. The van der Waals surface area contributed by atoms with Gasteiger partial charge in [0.15, 0.2) is 0 Å². The number of H-pyrrole nitrogens is 1. The number of nitrogens with two attached hydrogens (primary N) is 1. The molecule has 26 heavy (non-hydrogen) atoms. The first-order valence-electron chi connectivity index (χ1n) is 7.98. The van der Waals surface area contributed by atoms with Crippen molar-refractivity contribution in [3.8, 4) is 17.0 Å². The molecule has 0 fully saturated rings. The van der Waals surface area contributed by atoms with Gasteiger partial charge in [-0.3, -0.25) is 4.79 Å². The molecule has 3 N–H and O–H groups in total. The average Bonchev–Trinajstić information content (AvgIpc) is 3.24. The van der Waals surface area contributed by atoms with Crippen molar-refractivity contribution in [2.24, 2.45) is 5.73 Å². The number of carbonyl (C=O) groups excluding carboxylic acids is 1. The van der Waals surface area contributed by atoms with Gasteiger partial charge in [0.05, 0.1) is 17.7 Å². The van der Waals surface area contributed by atoms with Crippen LogP contribution in [0, 0.1) is 0 Å². The number of fused-ring (bicyclic) bond motifs is 1. The van der Waals surface area contributed by atoms with Crippen LogP contribution in [0.5, 0.6) is 5.75 Å². The summed E-state index contributed by atoms with van der Waals surface area (Å²) in [6.07, 6.45) is 0. The molecule has 4 rings (SSSR count). The number of methoxy groups -OCH3 is 1. The van der Waals surface area contributed by atoms with E-state index in [1.54, 1.807) is 36.3 Å². The predicted molar refractivity (Wildman–Crippen MR) is 107 cm³/mol. The van der Waals surface area contributed by atoms with Gasteiger partial charge in [-0.25, -0.2) is 0 Å². The fraction of sp³-hybridized carbons (Fsp3) is 0.0500. The summed E-state index contributed by atoms with van der Waals surface area (Å²) in [5.74, 6) is 0.378. The van der Waals surface area contributed by atoms with Crippen LogP contribution in [-0.2, 0) is 0 Å². The number of hydrogen-bond acceptors (Lipinski definition) is 4. The monoisotopic (exact) mass is 380 g/mol. The van der Waals surface area contributed by atoms with E-state index in [1.165, 1.54) is 0 Å². The second kappa shape index (κ2) is 6.90. The van der Waals surface area contributed by atoms with Gasteiger partial charge in [-0.05, 0) is 29.6 Å². The molecule has 0 saturated heterocycles. The van der Waals surface area contributed by atoms with Gasteiger partial charge in [0.1, 0.15) is 10.6 Å². The first-order valence-corrected chi connectivity index (χ1v) is 9.68. The van der Waals surface area contributed by atoms with Gasteiger partial charge in [0.2, 0.25) is 5.91 Å². The van der Waals surface area contributed by atoms with E-state index in [-0.39, 0.29) is 0 Å². The van der Waals surface area contributed by atoms with Gasteiger partial charge in [0, 0.05) is 21.4 Å². The molecule has 0 bridgehead atoms. The molecular weight excluding hydrogens is 364 g/mol. The third-order valence-electron chi connectivity index (χ3n) is 4.12. The molecule has 0 aliphatic rings. The molecule has 0 spiro atoms. The molecule has 0 saturated carbocycles. The number of aromatic nitrogens is 1. The molecule has 1 amide bonds. The molecule has 0 aliphatic heterocycles. The highest BCUT2D eigenvalue weighted by Crippen LogP contribution is 2.45. The third kappa shape index (κ3) is 2.87. The van der Waals surface area contributed by atoms with Gasteiger partial charge in [-0.15, -0.1) is 11.3 Å².